The van der Waals surface area contributed by atoms with E-state index in [0.29, 0.717) is 18.7 Å². The standard InChI is InChI=1S/C22H27N3O3/c1-28-18-11-9-17(10-12-18)13-14-23-21(26)19-7-6-8-20(24-19)22(27)25-15-4-2-3-5-16-25/h6-12H,2-5,13-16H2,1H3,(H,23,26). The van der Waals surface area contributed by atoms with Crippen molar-refractivity contribution in [3.05, 3.63) is 59.4 Å². The summed E-state index contributed by atoms with van der Waals surface area (Å²) in [7, 11) is 1.63. The van der Waals surface area contributed by atoms with Crippen molar-refractivity contribution >= 4 is 11.8 Å². The SMILES string of the molecule is COc1ccc(CCNC(=O)c2cccc(C(=O)N3CCCCCC3)n2)cc1. The minimum Gasteiger partial charge on any atom is -0.497 e. The van der Waals surface area contributed by atoms with E-state index < -0.39 is 0 Å². The van der Waals surface area contributed by atoms with Crippen LogP contribution in [0, 0.1) is 0 Å². The van der Waals surface area contributed by atoms with E-state index in [-0.39, 0.29) is 17.5 Å². The van der Waals surface area contributed by atoms with Crippen molar-refractivity contribution in [2.75, 3.05) is 26.7 Å². The number of carbonyl (C=O) groups is 2. The summed E-state index contributed by atoms with van der Waals surface area (Å²) in [5.41, 5.74) is 1.72. The molecule has 0 bridgehead atoms. The van der Waals surface area contributed by atoms with Gasteiger partial charge in [-0.05, 0) is 49.1 Å². The summed E-state index contributed by atoms with van der Waals surface area (Å²) in [6.07, 6.45) is 5.08. The van der Waals surface area contributed by atoms with Crippen LogP contribution in [0.15, 0.2) is 42.5 Å². The first kappa shape index (κ1) is 19.9. The highest BCUT2D eigenvalue weighted by atomic mass is 16.5. The van der Waals surface area contributed by atoms with Crippen LogP contribution in [0.3, 0.4) is 0 Å². The molecule has 1 aliphatic heterocycles. The van der Waals surface area contributed by atoms with Crippen LogP contribution < -0.4 is 10.1 Å². The quantitative estimate of drug-likeness (QED) is 0.835. The second-order valence-electron chi connectivity index (χ2n) is 6.97. The fraction of sp³-hybridized carbons (Fsp3) is 0.409. The van der Waals surface area contributed by atoms with E-state index in [1.54, 1.807) is 25.3 Å². The molecule has 1 aromatic heterocycles. The Morgan fingerprint density at radius 2 is 1.68 bits per heavy atom. The van der Waals surface area contributed by atoms with Gasteiger partial charge in [-0.2, -0.15) is 0 Å². The number of aromatic nitrogens is 1. The predicted molar refractivity (Wildman–Crippen MR) is 108 cm³/mol. The van der Waals surface area contributed by atoms with E-state index >= 15 is 0 Å². The zero-order chi connectivity index (χ0) is 19.8. The Morgan fingerprint density at radius 1 is 1.00 bits per heavy atom. The van der Waals surface area contributed by atoms with Gasteiger partial charge in [0.05, 0.1) is 7.11 Å². The Hall–Kier alpha value is -2.89. The largest absolute Gasteiger partial charge is 0.497 e. The van der Waals surface area contributed by atoms with E-state index in [4.69, 9.17) is 4.74 Å². The molecule has 2 heterocycles. The zero-order valence-electron chi connectivity index (χ0n) is 16.3. The van der Waals surface area contributed by atoms with Gasteiger partial charge in [-0.25, -0.2) is 4.98 Å². The third kappa shape index (κ3) is 5.31. The Balaban J connectivity index is 1.56. The van der Waals surface area contributed by atoms with Crippen LogP contribution in [0.25, 0.3) is 0 Å². The summed E-state index contributed by atoms with van der Waals surface area (Å²) in [6, 6.07) is 12.8. The van der Waals surface area contributed by atoms with E-state index in [0.717, 1.165) is 50.1 Å². The first-order valence-electron chi connectivity index (χ1n) is 9.85. The number of likely N-dealkylation sites (tertiary alicyclic amines) is 1. The number of benzene rings is 1. The highest BCUT2D eigenvalue weighted by Crippen LogP contribution is 2.13. The van der Waals surface area contributed by atoms with Crippen LogP contribution in [0.1, 0.15) is 52.2 Å². The second-order valence-corrected chi connectivity index (χ2v) is 6.97. The summed E-state index contributed by atoms with van der Waals surface area (Å²) < 4.78 is 5.14. The number of pyridine rings is 1. The molecule has 0 spiro atoms. The van der Waals surface area contributed by atoms with Gasteiger partial charge in [0.25, 0.3) is 11.8 Å². The molecular weight excluding hydrogens is 354 g/mol. The highest BCUT2D eigenvalue weighted by Gasteiger charge is 2.19. The average molecular weight is 381 g/mol. The third-order valence-electron chi connectivity index (χ3n) is 4.95. The molecule has 6 heteroatoms. The van der Waals surface area contributed by atoms with Crippen molar-refractivity contribution in [1.29, 1.82) is 0 Å². The zero-order valence-corrected chi connectivity index (χ0v) is 16.3. The molecule has 3 rings (SSSR count). The molecule has 148 valence electrons. The molecule has 0 radical (unpaired) electrons. The summed E-state index contributed by atoms with van der Waals surface area (Å²) >= 11 is 0. The first-order chi connectivity index (χ1) is 13.7. The lowest BCUT2D eigenvalue weighted by molar-refractivity contribution is 0.0755. The van der Waals surface area contributed by atoms with Crippen LogP contribution in [-0.4, -0.2) is 48.4 Å². The van der Waals surface area contributed by atoms with Crippen molar-refractivity contribution in [3.8, 4) is 5.75 Å². The fourth-order valence-electron chi connectivity index (χ4n) is 3.32. The molecule has 0 aliphatic carbocycles. The Labute approximate surface area is 165 Å². The van der Waals surface area contributed by atoms with E-state index in [1.165, 1.54) is 0 Å². The normalized spacial score (nSPS) is 14.2. The highest BCUT2D eigenvalue weighted by molar-refractivity contribution is 5.96. The lowest BCUT2D eigenvalue weighted by Crippen LogP contribution is -2.33. The number of nitrogens with zero attached hydrogens (tertiary/aromatic N) is 2. The number of hydrogen-bond acceptors (Lipinski definition) is 4. The molecule has 1 N–H and O–H groups in total. The summed E-state index contributed by atoms with van der Waals surface area (Å²) in [4.78, 5) is 31.3. The van der Waals surface area contributed by atoms with Crippen LogP contribution >= 0.6 is 0 Å². The molecule has 28 heavy (non-hydrogen) atoms. The van der Waals surface area contributed by atoms with Gasteiger partial charge in [0.2, 0.25) is 0 Å². The van der Waals surface area contributed by atoms with Gasteiger partial charge in [-0.3, -0.25) is 9.59 Å². The van der Waals surface area contributed by atoms with Crippen LogP contribution in [-0.2, 0) is 6.42 Å². The van der Waals surface area contributed by atoms with Gasteiger partial charge >= 0.3 is 0 Å². The van der Waals surface area contributed by atoms with Crippen molar-refractivity contribution in [2.24, 2.45) is 0 Å². The van der Waals surface area contributed by atoms with Crippen LogP contribution in [0.2, 0.25) is 0 Å². The van der Waals surface area contributed by atoms with Gasteiger partial charge in [-0.1, -0.05) is 31.0 Å². The monoisotopic (exact) mass is 381 g/mol. The summed E-state index contributed by atoms with van der Waals surface area (Å²) in [6.45, 7) is 2.02. The van der Waals surface area contributed by atoms with Gasteiger partial charge in [-0.15, -0.1) is 0 Å². The molecule has 0 saturated carbocycles. The number of methoxy groups -OCH3 is 1. The van der Waals surface area contributed by atoms with Crippen molar-refractivity contribution in [1.82, 2.24) is 15.2 Å². The Morgan fingerprint density at radius 3 is 2.36 bits per heavy atom. The molecule has 6 nitrogen and oxygen atoms in total. The lowest BCUT2D eigenvalue weighted by atomic mass is 10.1. The van der Waals surface area contributed by atoms with E-state index in [1.807, 2.05) is 29.2 Å². The maximum absolute atomic E-state index is 12.7. The van der Waals surface area contributed by atoms with Crippen LogP contribution in [0.5, 0.6) is 5.75 Å². The van der Waals surface area contributed by atoms with Gasteiger partial charge < -0.3 is 15.0 Å². The number of amides is 2. The van der Waals surface area contributed by atoms with Crippen molar-refractivity contribution in [2.45, 2.75) is 32.1 Å². The van der Waals surface area contributed by atoms with E-state index in [9.17, 15) is 9.59 Å². The second kappa shape index (κ2) is 9.88. The van der Waals surface area contributed by atoms with Gasteiger partial charge in [0, 0.05) is 19.6 Å². The molecule has 1 saturated heterocycles. The van der Waals surface area contributed by atoms with Gasteiger partial charge in [0.15, 0.2) is 0 Å². The molecule has 2 amide bonds. The van der Waals surface area contributed by atoms with Crippen molar-refractivity contribution < 1.29 is 14.3 Å². The minimum atomic E-state index is -0.265. The minimum absolute atomic E-state index is 0.0882. The Kier molecular flexibility index (Phi) is 7.00. The number of rotatable bonds is 6. The number of ether oxygens (including phenoxy) is 1. The smallest absolute Gasteiger partial charge is 0.272 e. The molecule has 1 aromatic carbocycles. The maximum Gasteiger partial charge on any atom is 0.272 e. The fourth-order valence-corrected chi connectivity index (χ4v) is 3.32. The summed E-state index contributed by atoms with van der Waals surface area (Å²) in [5.74, 6) is 0.455. The Bertz CT molecular complexity index is 797. The van der Waals surface area contributed by atoms with E-state index in [2.05, 4.69) is 10.3 Å². The maximum atomic E-state index is 12.7. The molecule has 0 atom stereocenters. The molecule has 1 fully saturated rings. The van der Waals surface area contributed by atoms with Gasteiger partial charge in [0.1, 0.15) is 17.1 Å². The summed E-state index contributed by atoms with van der Waals surface area (Å²) in [5, 5.41) is 2.87. The number of nitrogens with one attached hydrogen (secondary N) is 1. The third-order valence-corrected chi connectivity index (χ3v) is 4.95. The van der Waals surface area contributed by atoms with Crippen molar-refractivity contribution in [3.63, 3.8) is 0 Å². The lowest BCUT2D eigenvalue weighted by Gasteiger charge is -2.19. The van der Waals surface area contributed by atoms with Crippen LogP contribution in [0.4, 0.5) is 0 Å². The number of carbonyl (C=O) groups excluding carboxylic acids is 2. The average Bonchev–Trinajstić information content (AvgIpc) is 3.03. The number of hydrogen-bond donors (Lipinski definition) is 1. The molecule has 0 unspecified atom stereocenters. The first-order valence-corrected chi connectivity index (χ1v) is 9.85. The molecular formula is C22H27N3O3. The predicted octanol–water partition coefficient (Wildman–Crippen LogP) is 3.08. The topological polar surface area (TPSA) is 71.5 Å². The molecule has 2 aromatic rings. The molecule has 1 aliphatic rings.